The molecule has 26 heavy (non-hydrogen) atoms. The number of nitrogens with one attached hydrogen (secondary N) is 1. The molecule has 1 aliphatic carbocycles. The van der Waals surface area contributed by atoms with Gasteiger partial charge in [-0.3, -0.25) is 9.59 Å². The van der Waals surface area contributed by atoms with Crippen LogP contribution in [0.1, 0.15) is 42.5 Å². The van der Waals surface area contributed by atoms with Crippen molar-refractivity contribution in [1.82, 2.24) is 9.88 Å². The van der Waals surface area contributed by atoms with E-state index in [1.807, 2.05) is 0 Å². The van der Waals surface area contributed by atoms with E-state index in [2.05, 4.69) is 21.2 Å². The first-order chi connectivity index (χ1) is 12.3. The SMILES string of the molecule is O=C(Cn1cc(C(=O)C(F)(F)F)c2cc(Br)ccc21)NC1CCCCC1. The van der Waals surface area contributed by atoms with Gasteiger partial charge in [0.2, 0.25) is 5.91 Å². The van der Waals surface area contributed by atoms with Gasteiger partial charge >= 0.3 is 6.18 Å². The average Bonchev–Trinajstić information content (AvgIpc) is 2.91. The van der Waals surface area contributed by atoms with E-state index in [1.165, 1.54) is 10.6 Å². The molecular weight excluding hydrogens is 413 g/mol. The molecule has 4 nitrogen and oxygen atoms in total. The van der Waals surface area contributed by atoms with Gasteiger partial charge < -0.3 is 9.88 Å². The van der Waals surface area contributed by atoms with E-state index in [9.17, 15) is 22.8 Å². The zero-order valence-electron chi connectivity index (χ0n) is 13.9. The van der Waals surface area contributed by atoms with E-state index in [-0.39, 0.29) is 23.9 Å². The Hall–Kier alpha value is -1.83. The molecule has 8 heteroatoms. The Morgan fingerprint density at radius 3 is 2.54 bits per heavy atom. The molecule has 0 radical (unpaired) electrons. The maximum Gasteiger partial charge on any atom is 0.454 e. The molecule has 1 aromatic heterocycles. The van der Waals surface area contributed by atoms with E-state index >= 15 is 0 Å². The molecule has 0 saturated heterocycles. The first-order valence-corrected chi connectivity index (χ1v) is 9.24. The van der Waals surface area contributed by atoms with Gasteiger partial charge in [-0.15, -0.1) is 0 Å². The molecule has 3 rings (SSSR count). The molecule has 0 unspecified atom stereocenters. The van der Waals surface area contributed by atoms with Crippen molar-refractivity contribution in [2.45, 2.75) is 50.9 Å². The van der Waals surface area contributed by atoms with Gasteiger partial charge in [0.25, 0.3) is 5.78 Å². The van der Waals surface area contributed by atoms with Crippen LogP contribution in [-0.4, -0.2) is 28.5 Å². The lowest BCUT2D eigenvalue weighted by atomic mass is 9.95. The Morgan fingerprint density at radius 2 is 1.88 bits per heavy atom. The lowest BCUT2D eigenvalue weighted by Crippen LogP contribution is -2.38. The number of Topliss-reactive ketones (excluding diaryl/α,β-unsaturated/α-hetero) is 1. The van der Waals surface area contributed by atoms with Crippen molar-refractivity contribution < 1.29 is 22.8 Å². The van der Waals surface area contributed by atoms with E-state index < -0.39 is 17.5 Å². The number of hydrogen-bond donors (Lipinski definition) is 1. The molecule has 1 N–H and O–H groups in total. The fraction of sp³-hybridized carbons (Fsp3) is 0.444. The molecule has 1 heterocycles. The van der Waals surface area contributed by atoms with Crippen molar-refractivity contribution in [3.63, 3.8) is 0 Å². The minimum Gasteiger partial charge on any atom is -0.352 e. The highest BCUT2D eigenvalue weighted by Gasteiger charge is 2.41. The number of benzene rings is 1. The van der Waals surface area contributed by atoms with Crippen LogP contribution in [-0.2, 0) is 11.3 Å². The lowest BCUT2D eigenvalue weighted by Gasteiger charge is -2.22. The number of amides is 1. The Labute approximate surface area is 156 Å². The number of aromatic nitrogens is 1. The first kappa shape index (κ1) is 18.9. The van der Waals surface area contributed by atoms with Crippen LogP contribution in [0, 0.1) is 0 Å². The lowest BCUT2D eigenvalue weighted by molar-refractivity contribution is -0.122. The maximum atomic E-state index is 12.9. The van der Waals surface area contributed by atoms with Crippen molar-refractivity contribution in [1.29, 1.82) is 0 Å². The van der Waals surface area contributed by atoms with Crippen molar-refractivity contribution >= 4 is 38.5 Å². The average molecular weight is 431 g/mol. The summed E-state index contributed by atoms with van der Waals surface area (Å²) in [6.45, 7) is -0.125. The Kier molecular flexibility index (Phi) is 5.41. The molecule has 0 aliphatic heterocycles. The molecule has 1 saturated carbocycles. The number of carbonyl (C=O) groups is 2. The predicted octanol–water partition coefficient (Wildman–Crippen LogP) is 4.60. The summed E-state index contributed by atoms with van der Waals surface area (Å²) in [7, 11) is 0. The summed E-state index contributed by atoms with van der Waals surface area (Å²) in [4.78, 5) is 24.1. The number of hydrogen-bond acceptors (Lipinski definition) is 2. The van der Waals surface area contributed by atoms with Gasteiger partial charge in [0, 0.05) is 27.6 Å². The summed E-state index contributed by atoms with van der Waals surface area (Å²) >= 11 is 3.21. The zero-order valence-corrected chi connectivity index (χ0v) is 15.5. The molecule has 0 spiro atoms. The second-order valence-electron chi connectivity index (χ2n) is 6.56. The number of fused-ring (bicyclic) bond motifs is 1. The number of halogens is 4. The van der Waals surface area contributed by atoms with Crippen molar-refractivity contribution in [3.8, 4) is 0 Å². The van der Waals surface area contributed by atoms with Crippen LogP contribution >= 0.6 is 15.9 Å². The number of rotatable bonds is 4. The van der Waals surface area contributed by atoms with Gasteiger partial charge in [0.1, 0.15) is 6.54 Å². The third-order valence-corrected chi connectivity index (χ3v) is 5.12. The van der Waals surface area contributed by atoms with Crippen LogP contribution in [0.2, 0.25) is 0 Å². The highest BCUT2D eigenvalue weighted by Crippen LogP contribution is 2.30. The molecule has 1 fully saturated rings. The van der Waals surface area contributed by atoms with Crippen molar-refractivity contribution in [2.75, 3.05) is 0 Å². The summed E-state index contributed by atoms with van der Waals surface area (Å²) in [6, 6.07) is 4.84. The second-order valence-corrected chi connectivity index (χ2v) is 7.48. The molecule has 0 atom stereocenters. The summed E-state index contributed by atoms with van der Waals surface area (Å²) < 4.78 is 40.6. The Balaban J connectivity index is 1.88. The minimum absolute atomic E-state index is 0.114. The number of nitrogens with zero attached hydrogens (tertiary/aromatic N) is 1. The highest BCUT2D eigenvalue weighted by atomic mass is 79.9. The van der Waals surface area contributed by atoms with Crippen LogP contribution in [0.4, 0.5) is 13.2 Å². The highest BCUT2D eigenvalue weighted by molar-refractivity contribution is 9.10. The number of ketones is 1. The summed E-state index contributed by atoms with van der Waals surface area (Å²) in [5.74, 6) is -2.17. The predicted molar refractivity (Wildman–Crippen MR) is 95.0 cm³/mol. The van der Waals surface area contributed by atoms with Crippen molar-refractivity contribution in [2.24, 2.45) is 0 Å². The molecule has 140 valence electrons. The standard InChI is InChI=1S/C18H18BrF3N2O2/c19-11-6-7-15-13(8-11)14(17(26)18(20,21)22)9-24(15)10-16(25)23-12-4-2-1-3-5-12/h6-9,12H,1-5,10H2,(H,23,25). The van der Waals surface area contributed by atoms with Crippen LogP contribution in [0.15, 0.2) is 28.9 Å². The molecule has 2 aromatic rings. The quantitative estimate of drug-likeness (QED) is 0.720. The molecule has 0 bridgehead atoms. The molecule has 1 amide bonds. The van der Waals surface area contributed by atoms with Gasteiger partial charge in [-0.05, 0) is 31.0 Å². The third kappa shape index (κ3) is 4.11. The van der Waals surface area contributed by atoms with Crippen LogP contribution in [0.25, 0.3) is 10.9 Å². The van der Waals surface area contributed by atoms with Gasteiger partial charge in [0.15, 0.2) is 0 Å². The van der Waals surface area contributed by atoms with Gasteiger partial charge in [0.05, 0.1) is 5.56 Å². The second kappa shape index (κ2) is 7.42. The molecular formula is C18H18BrF3N2O2. The van der Waals surface area contributed by atoms with Gasteiger partial charge in [-0.2, -0.15) is 13.2 Å². The van der Waals surface area contributed by atoms with E-state index in [4.69, 9.17) is 0 Å². The van der Waals surface area contributed by atoms with Gasteiger partial charge in [-0.25, -0.2) is 0 Å². The minimum atomic E-state index is -4.97. The van der Waals surface area contributed by atoms with E-state index in [0.29, 0.717) is 9.99 Å². The first-order valence-electron chi connectivity index (χ1n) is 8.45. The maximum absolute atomic E-state index is 12.9. The summed E-state index contributed by atoms with van der Waals surface area (Å²) in [5, 5.41) is 3.11. The third-order valence-electron chi connectivity index (χ3n) is 4.63. The fourth-order valence-corrected chi connectivity index (χ4v) is 3.77. The summed E-state index contributed by atoms with van der Waals surface area (Å²) in [6.07, 6.45) is 1.28. The van der Waals surface area contributed by atoms with Crippen LogP contribution < -0.4 is 5.32 Å². The topological polar surface area (TPSA) is 51.1 Å². The summed E-state index contributed by atoms with van der Waals surface area (Å²) in [5.41, 5.74) is -0.0288. The Morgan fingerprint density at radius 1 is 1.19 bits per heavy atom. The normalized spacial score (nSPS) is 16.0. The molecule has 1 aliphatic rings. The van der Waals surface area contributed by atoms with Gasteiger partial charge in [-0.1, -0.05) is 35.2 Å². The smallest absolute Gasteiger partial charge is 0.352 e. The van der Waals surface area contributed by atoms with Crippen LogP contribution in [0.3, 0.4) is 0 Å². The van der Waals surface area contributed by atoms with E-state index in [0.717, 1.165) is 38.3 Å². The fourth-order valence-electron chi connectivity index (χ4n) is 3.41. The van der Waals surface area contributed by atoms with Crippen LogP contribution in [0.5, 0.6) is 0 Å². The largest absolute Gasteiger partial charge is 0.454 e. The molecule has 1 aromatic carbocycles. The zero-order chi connectivity index (χ0) is 18.9. The Bertz CT molecular complexity index is 839. The number of alkyl halides is 3. The van der Waals surface area contributed by atoms with Crippen molar-refractivity contribution in [3.05, 3.63) is 34.4 Å². The monoisotopic (exact) mass is 430 g/mol. The van der Waals surface area contributed by atoms with E-state index in [1.54, 1.807) is 12.1 Å². The number of carbonyl (C=O) groups excluding carboxylic acids is 2.